The number of halogens is 1. The van der Waals surface area contributed by atoms with E-state index < -0.39 is 0 Å². The molecular weight excluding hydrogens is 272 g/mol. The molecule has 0 aliphatic carbocycles. The van der Waals surface area contributed by atoms with E-state index in [-0.39, 0.29) is 11.7 Å². The van der Waals surface area contributed by atoms with Crippen LogP contribution in [0.1, 0.15) is 30.3 Å². The summed E-state index contributed by atoms with van der Waals surface area (Å²) >= 11 is 3.39. The third-order valence-corrected chi connectivity index (χ3v) is 3.34. The van der Waals surface area contributed by atoms with Crippen molar-refractivity contribution in [2.45, 2.75) is 26.3 Å². The topological polar surface area (TPSA) is 44.1 Å². The van der Waals surface area contributed by atoms with Gasteiger partial charge in [-0.3, -0.25) is 9.48 Å². The van der Waals surface area contributed by atoms with E-state index in [0.29, 0.717) is 18.9 Å². The third kappa shape index (κ3) is 2.20. The number of Topliss-reactive ketones (excluding diaryl/α,β-unsaturated/α-hetero) is 1. The van der Waals surface area contributed by atoms with Gasteiger partial charge >= 0.3 is 0 Å². The Morgan fingerprint density at radius 2 is 2.56 bits per heavy atom. The van der Waals surface area contributed by atoms with Crippen LogP contribution >= 0.6 is 15.9 Å². The Morgan fingerprint density at radius 1 is 1.75 bits per heavy atom. The molecule has 0 saturated carbocycles. The first-order valence-electron chi connectivity index (χ1n) is 5.57. The molecule has 0 spiro atoms. The molecule has 0 bridgehead atoms. The minimum Gasteiger partial charge on any atom is -0.381 e. The summed E-state index contributed by atoms with van der Waals surface area (Å²) in [4.78, 5) is 12.3. The maximum absolute atomic E-state index is 12.3. The van der Waals surface area contributed by atoms with Crippen LogP contribution in [-0.2, 0) is 11.3 Å². The van der Waals surface area contributed by atoms with Gasteiger partial charge in [-0.2, -0.15) is 5.10 Å². The lowest BCUT2D eigenvalue weighted by Crippen LogP contribution is -2.19. The van der Waals surface area contributed by atoms with E-state index in [1.54, 1.807) is 10.9 Å². The monoisotopic (exact) mass is 286 g/mol. The number of hydrogen-bond acceptors (Lipinski definition) is 3. The fourth-order valence-corrected chi connectivity index (χ4v) is 2.42. The van der Waals surface area contributed by atoms with Gasteiger partial charge in [0, 0.05) is 19.1 Å². The minimum absolute atomic E-state index is 0.00334. The van der Waals surface area contributed by atoms with E-state index in [9.17, 15) is 4.79 Å². The molecular formula is C11H15BrN2O2. The molecule has 1 aromatic rings. The van der Waals surface area contributed by atoms with E-state index in [1.165, 1.54) is 0 Å². The highest BCUT2D eigenvalue weighted by Crippen LogP contribution is 2.24. The zero-order valence-corrected chi connectivity index (χ0v) is 10.9. The Balaban J connectivity index is 2.23. The maximum atomic E-state index is 12.3. The van der Waals surface area contributed by atoms with Crippen molar-refractivity contribution in [3.05, 3.63) is 16.4 Å². The molecule has 0 radical (unpaired) electrons. The van der Waals surface area contributed by atoms with Crippen molar-refractivity contribution in [1.29, 1.82) is 0 Å². The van der Waals surface area contributed by atoms with E-state index in [4.69, 9.17) is 4.74 Å². The zero-order valence-electron chi connectivity index (χ0n) is 9.28. The van der Waals surface area contributed by atoms with Gasteiger partial charge in [0.15, 0.2) is 5.78 Å². The van der Waals surface area contributed by atoms with Gasteiger partial charge in [0.2, 0.25) is 0 Å². The van der Waals surface area contributed by atoms with Gasteiger partial charge in [0.05, 0.1) is 17.3 Å². The summed E-state index contributed by atoms with van der Waals surface area (Å²) in [6.07, 6.45) is 3.48. The molecule has 1 saturated heterocycles. The minimum atomic E-state index is 0.00334. The fraction of sp³-hybridized carbons (Fsp3) is 0.636. The lowest BCUT2D eigenvalue weighted by molar-refractivity contribution is 0.0888. The molecule has 0 aromatic carbocycles. The van der Waals surface area contributed by atoms with E-state index in [2.05, 4.69) is 28.0 Å². The maximum Gasteiger partial charge on any atom is 0.187 e. The van der Waals surface area contributed by atoms with Gasteiger partial charge in [-0.1, -0.05) is 6.92 Å². The fourth-order valence-electron chi connectivity index (χ4n) is 1.92. The number of aryl methyl sites for hydroxylation is 1. The second-order valence-electron chi connectivity index (χ2n) is 3.99. The summed E-state index contributed by atoms with van der Waals surface area (Å²) in [6.45, 7) is 4.08. The molecule has 2 heterocycles. The van der Waals surface area contributed by atoms with Crippen molar-refractivity contribution in [3.8, 4) is 0 Å². The first-order chi connectivity index (χ1) is 7.74. The molecule has 0 N–H and O–H groups in total. The van der Waals surface area contributed by atoms with Gasteiger partial charge in [-0.25, -0.2) is 0 Å². The second-order valence-corrected chi connectivity index (χ2v) is 4.84. The molecule has 1 aromatic heterocycles. The van der Waals surface area contributed by atoms with Crippen molar-refractivity contribution in [3.63, 3.8) is 0 Å². The van der Waals surface area contributed by atoms with Crippen LogP contribution < -0.4 is 0 Å². The van der Waals surface area contributed by atoms with Gasteiger partial charge in [-0.15, -0.1) is 0 Å². The molecule has 1 fully saturated rings. The third-order valence-electron chi connectivity index (χ3n) is 2.76. The summed E-state index contributed by atoms with van der Waals surface area (Å²) < 4.78 is 7.82. The lowest BCUT2D eigenvalue weighted by atomic mass is 10.0. The molecule has 88 valence electrons. The first-order valence-corrected chi connectivity index (χ1v) is 6.36. The smallest absolute Gasteiger partial charge is 0.187 e. The Bertz CT molecular complexity index is 383. The van der Waals surface area contributed by atoms with Crippen molar-refractivity contribution >= 4 is 21.7 Å². The normalized spacial score (nSPS) is 20.2. The molecule has 0 amide bonds. The van der Waals surface area contributed by atoms with Gasteiger partial charge in [-0.05, 0) is 28.8 Å². The van der Waals surface area contributed by atoms with Crippen LogP contribution in [0.5, 0.6) is 0 Å². The average molecular weight is 287 g/mol. The Kier molecular flexibility index (Phi) is 3.76. The average Bonchev–Trinajstić information content (AvgIpc) is 2.88. The van der Waals surface area contributed by atoms with Crippen molar-refractivity contribution in [2.75, 3.05) is 13.2 Å². The summed E-state index contributed by atoms with van der Waals surface area (Å²) in [5, 5.41) is 4.21. The standard InChI is InChI=1S/C11H15BrN2O2/c1-2-4-14-10(9(12)6-13-14)11(15)8-3-5-16-7-8/h6,8H,2-5,7H2,1H3. The Labute approximate surface area is 103 Å². The highest BCUT2D eigenvalue weighted by Gasteiger charge is 2.28. The van der Waals surface area contributed by atoms with Crippen LogP contribution in [0.25, 0.3) is 0 Å². The zero-order chi connectivity index (χ0) is 11.5. The quantitative estimate of drug-likeness (QED) is 0.798. The predicted octanol–water partition coefficient (Wildman–Crippen LogP) is 2.27. The molecule has 4 nitrogen and oxygen atoms in total. The summed E-state index contributed by atoms with van der Waals surface area (Å²) in [7, 11) is 0. The van der Waals surface area contributed by atoms with Gasteiger partial charge in [0.1, 0.15) is 5.69 Å². The number of aromatic nitrogens is 2. The highest BCUT2D eigenvalue weighted by atomic mass is 79.9. The highest BCUT2D eigenvalue weighted by molar-refractivity contribution is 9.10. The molecule has 1 atom stereocenters. The number of ether oxygens (including phenoxy) is 1. The first kappa shape index (κ1) is 11.8. The molecule has 1 aliphatic heterocycles. The van der Waals surface area contributed by atoms with Gasteiger partial charge in [0.25, 0.3) is 0 Å². The van der Waals surface area contributed by atoms with Crippen LogP contribution in [0, 0.1) is 5.92 Å². The summed E-state index contributed by atoms with van der Waals surface area (Å²) in [5.74, 6) is 0.152. The van der Waals surface area contributed by atoms with Crippen molar-refractivity contribution < 1.29 is 9.53 Å². The largest absolute Gasteiger partial charge is 0.381 e. The number of hydrogen-bond donors (Lipinski definition) is 0. The number of rotatable bonds is 4. The van der Waals surface area contributed by atoms with E-state index in [0.717, 1.165) is 23.9 Å². The Hall–Kier alpha value is -0.680. The van der Waals surface area contributed by atoms with Crippen molar-refractivity contribution in [2.24, 2.45) is 5.92 Å². The lowest BCUT2D eigenvalue weighted by Gasteiger charge is -2.09. The summed E-state index contributed by atoms with van der Waals surface area (Å²) in [5.41, 5.74) is 0.692. The van der Waals surface area contributed by atoms with Crippen LogP contribution in [0.4, 0.5) is 0 Å². The van der Waals surface area contributed by atoms with E-state index >= 15 is 0 Å². The predicted molar refractivity (Wildman–Crippen MR) is 63.5 cm³/mol. The molecule has 16 heavy (non-hydrogen) atoms. The molecule has 1 aliphatic rings. The summed E-state index contributed by atoms with van der Waals surface area (Å²) in [6, 6.07) is 0. The molecule has 5 heteroatoms. The van der Waals surface area contributed by atoms with Crippen LogP contribution in [0.2, 0.25) is 0 Å². The van der Waals surface area contributed by atoms with Gasteiger partial charge < -0.3 is 4.74 Å². The second kappa shape index (κ2) is 5.10. The molecule has 1 unspecified atom stereocenters. The molecule has 2 rings (SSSR count). The van der Waals surface area contributed by atoms with Crippen LogP contribution in [-0.4, -0.2) is 28.8 Å². The number of carbonyl (C=O) groups is 1. The van der Waals surface area contributed by atoms with E-state index in [1.807, 2.05) is 0 Å². The van der Waals surface area contributed by atoms with Crippen molar-refractivity contribution in [1.82, 2.24) is 9.78 Å². The van der Waals surface area contributed by atoms with Crippen LogP contribution in [0.3, 0.4) is 0 Å². The number of carbonyl (C=O) groups excluding carboxylic acids is 1. The number of ketones is 1. The SMILES string of the molecule is CCCn1ncc(Br)c1C(=O)C1CCOC1. The Morgan fingerprint density at radius 3 is 3.19 bits per heavy atom. The number of nitrogens with zero attached hydrogens (tertiary/aromatic N) is 2. The van der Waals surface area contributed by atoms with Crippen LogP contribution in [0.15, 0.2) is 10.7 Å².